The lowest BCUT2D eigenvalue weighted by atomic mass is 10.1. The lowest BCUT2D eigenvalue weighted by Crippen LogP contribution is -2.35. The SMILES string of the molecule is N#Cc1ccc(N2CCCN(C(=O)c3cccc(COc4ccccc4C(N)=O)c3)CC2)cc1. The minimum Gasteiger partial charge on any atom is -0.488 e. The highest BCUT2D eigenvalue weighted by Gasteiger charge is 2.21. The fourth-order valence-electron chi connectivity index (χ4n) is 4.06. The molecule has 3 aromatic rings. The highest BCUT2D eigenvalue weighted by atomic mass is 16.5. The van der Waals surface area contributed by atoms with Crippen LogP contribution in [-0.4, -0.2) is 42.9 Å². The van der Waals surface area contributed by atoms with Gasteiger partial charge in [0.05, 0.1) is 17.2 Å². The van der Waals surface area contributed by atoms with Gasteiger partial charge in [-0.05, 0) is 60.5 Å². The van der Waals surface area contributed by atoms with Crippen molar-refractivity contribution in [3.05, 3.63) is 95.1 Å². The molecule has 0 atom stereocenters. The monoisotopic (exact) mass is 454 g/mol. The summed E-state index contributed by atoms with van der Waals surface area (Å²) in [4.78, 5) is 28.9. The van der Waals surface area contributed by atoms with Crippen molar-refractivity contribution in [2.75, 3.05) is 31.1 Å². The average molecular weight is 455 g/mol. The number of hydrogen-bond donors (Lipinski definition) is 1. The molecule has 0 bridgehead atoms. The molecular formula is C27H26N4O3. The molecule has 0 radical (unpaired) electrons. The molecule has 7 nitrogen and oxygen atoms in total. The normalized spacial score (nSPS) is 13.6. The number of amides is 2. The molecule has 0 unspecified atom stereocenters. The largest absolute Gasteiger partial charge is 0.488 e. The number of rotatable bonds is 6. The van der Waals surface area contributed by atoms with Gasteiger partial charge < -0.3 is 20.3 Å². The van der Waals surface area contributed by atoms with Crippen LogP contribution in [0.15, 0.2) is 72.8 Å². The van der Waals surface area contributed by atoms with Crippen LogP contribution in [0.1, 0.15) is 38.3 Å². The van der Waals surface area contributed by atoms with E-state index in [-0.39, 0.29) is 12.5 Å². The van der Waals surface area contributed by atoms with E-state index in [4.69, 9.17) is 15.7 Å². The van der Waals surface area contributed by atoms with Crippen LogP contribution in [0.25, 0.3) is 0 Å². The Morgan fingerprint density at radius 2 is 1.74 bits per heavy atom. The topological polar surface area (TPSA) is 99.7 Å². The van der Waals surface area contributed by atoms with E-state index in [0.717, 1.165) is 30.8 Å². The second-order valence-electron chi connectivity index (χ2n) is 8.14. The molecule has 0 saturated carbocycles. The van der Waals surface area contributed by atoms with E-state index in [0.29, 0.717) is 35.5 Å². The predicted octanol–water partition coefficient (Wildman–Crippen LogP) is 3.59. The Kier molecular flexibility index (Phi) is 7.09. The molecule has 2 amide bonds. The second kappa shape index (κ2) is 10.5. The van der Waals surface area contributed by atoms with Crippen molar-refractivity contribution in [2.45, 2.75) is 13.0 Å². The number of benzene rings is 3. The number of carbonyl (C=O) groups is 2. The number of primary amides is 1. The number of hydrogen-bond acceptors (Lipinski definition) is 5. The van der Waals surface area contributed by atoms with Crippen LogP contribution >= 0.6 is 0 Å². The molecule has 0 aromatic heterocycles. The summed E-state index contributed by atoms with van der Waals surface area (Å²) in [5.74, 6) is -0.140. The van der Waals surface area contributed by atoms with Gasteiger partial charge in [-0.2, -0.15) is 5.26 Å². The van der Waals surface area contributed by atoms with Gasteiger partial charge in [0, 0.05) is 37.4 Å². The standard InChI is InChI=1S/C27H26N4O3/c28-18-20-9-11-23(12-10-20)30-13-4-14-31(16-15-30)27(33)22-6-3-5-21(17-22)19-34-25-8-2-1-7-24(25)26(29)32/h1-3,5-12,17H,4,13-16,19H2,(H2,29,32). The Bertz CT molecular complexity index is 1220. The maximum atomic E-state index is 13.2. The Labute approximate surface area is 199 Å². The number of nitrogens with two attached hydrogens (primary N) is 1. The summed E-state index contributed by atoms with van der Waals surface area (Å²) in [6.45, 7) is 3.09. The Balaban J connectivity index is 1.40. The molecule has 1 aliphatic rings. The van der Waals surface area contributed by atoms with Crippen molar-refractivity contribution in [3.63, 3.8) is 0 Å². The van der Waals surface area contributed by atoms with E-state index >= 15 is 0 Å². The number of carbonyl (C=O) groups excluding carboxylic acids is 2. The summed E-state index contributed by atoms with van der Waals surface area (Å²) in [5, 5.41) is 9.00. The third-order valence-corrected chi connectivity index (χ3v) is 5.87. The van der Waals surface area contributed by atoms with Crippen molar-refractivity contribution < 1.29 is 14.3 Å². The molecule has 1 aliphatic heterocycles. The van der Waals surface area contributed by atoms with Gasteiger partial charge in [0.15, 0.2) is 0 Å². The third-order valence-electron chi connectivity index (χ3n) is 5.87. The van der Waals surface area contributed by atoms with Crippen molar-refractivity contribution in [1.29, 1.82) is 5.26 Å². The van der Waals surface area contributed by atoms with Crippen molar-refractivity contribution in [2.24, 2.45) is 5.73 Å². The van der Waals surface area contributed by atoms with Gasteiger partial charge in [0.1, 0.15) is 12.4 Å². The van der Waals surface area contributed by atoms with Crippen molar-refractivity contribution in [3.8, 4) is 11.8 Å². The average Bonchev–Trinajstić information content (AvgIpc) is 3.14. The van der Waals surface area contributed by atoms with Crippen LogP contribution in [0.3, 0.4) is 0 Å². The minimum atomic E-state index is -0.546. The predicted molar refractivity (Wildman–Crippen MR) is 130 cm³/mol. The molecule has 0 aliphatic carbocycles. The molecule has 0 spiro atoms. The summed E-state index contributed by atoms with van der Waals surface area (Å²) in [5.41, 5.74) is 8.88. The van der Waals surface area contributed by atoms with E-state index < -0.39 is 5.91 Å². The minimum absolute atomic E-state index is 0.0129. The molecule has 1 saturated heterocycles. The summed E-state index contributed by atoms with van der Waals surface area (Å²) < 4.78 is 5.81. The van der Waals surface area contributed by atoms with E-state index in [1.807, 2.05) is 53.4 Å². The van der Waals surface area contributed by atoms with Crippen molar-refractivity contribution >= 4 is 17.5 Å². The maximum Gasteiger partial charge on any atom is 0.253 e. The molecule has 1 heterocycles. The zero-order valence-electron chi connectivity index (χ0n) is 18.8. The summed E-state index contributed by atoms with van der Waals surface area (Å²) in [6, 6.07) is 23.9. The van der Waals surface area contributed by atoms with Crippen LogP contribution < -0.4 is 15.4 Å². The lowest BCUT2D eigenvalue weighted by Gasteiger charge is -2.24. The highest BCUT2D eigenvalue weighted by Crippen LogP contribution is 2.21. The second-order valence-corrected chi connectivity index (χ2v) is 8.14. The number of anilines is 1. The van der Waals surface area contributed by atoms with Gasteiger partial charge in [0.25, 0.3) is 11.8 Å². The summed E-state index contributed by atoms with van der Waals surface area (Å²) in [7, 11) is 0. The first-order chi connectivity index (χ1) is 16.5. The number of ether oxygens (including phenoxy) is 1. The van der Waals surface area contributed by atoms with Crippen LogP contribution in [-0.2, 0) is 6.61 Å². The quantitative estimate of drug-likeness (QED) is 0.614. The Morgan fingerprint density at radius 3 is 2.50 bits per heavy atom. The van der Waals surface area contributed by atoms with E-state index in [2.05, 4.69) is 11.0 Å². The molecule has 34 heavy (non-hydrogen) atoms. The zero-order valence-corrected chi connectivity index (χ0v) is 18.8. The maximum absolute atomic E-state index is 13.2. The van der Waals surface area contributed by atoms with Gasteiger partial charge >= 0.3 is 0 Å². The van der Waals surface area contributed by atoms with E-state index in [1.54, 1.807) is 24.3 Å². The number of para-hydroxylation sites is 1. The molecule has 3 aromatic carbocycles. The Hall–Kier alpha value is -4.31. The molecule has 4 rings (SSSR count). The van der Waals surface area contributed by atoms with Crippen LogP contribution in [0, 0.1) is 11.3 Å². The van der Waals surface area contributed by atoms with Crippen LogP contribution in [0.2, 0.25) is 0 Å². The molecule has 172 valence electrons. The van der Waals surface area contributed by atoms with Gasteiger partial charge in [-0.3, -0.25) is 9.59 Å². The molecule has 7 heteroatoms. The van der Waals surface area contributed by atoms with Gasteiger partial charge in [-0.15, -0.1) is 0 Å². The molecule has 1 fully saturated rings. The zero-order chi connectivity index (χ0) is 23.9. The first-order valence-electron chi connectivity index (χ1n) is 11.2. The first-order valence-corrected chi connectivity index (χ1v) is 11.2. The fourth-order valence-corrected chi connectivity index (χ4v) is 4.06. The first kappa shape index (κ1) is 22.9. The lowest BCUT2D eigenvalue weighted by molar-refractivity contribution is 0.0766. The third kappa shape index (κ3) is 5.36. The summed E-state index contributed by atoms with van der Waals surface area (Å²) >= 11 is 0. The van der Waals surface area contributed by atoms with E-state index in [1.165, 1.54) is 0 Å². The van der Waals surface area contributed by atoms with Gasteiger partial charge in [-0.1, -0.05) is 24.3 Å². The van der Waals surface area contributed by atoms with E-state index in [9.17, 15) is 9.59 Å². The smallest absolute Gasteiger partial charge is 0.253 e. The van der Waals surface area contributed by atoms with Crippen LogP contribution in [0.4, 0.5) is 5.69 Å². The molecule has 2 N–H and O–H groups in total. The number of nitrogens with zero attached hydrogens (tertiary/aromatic N) is 3. The Morgan fingerprint density at radius 1 is 0.941 bits per heavy atom. The van der Waals surface area contributed by atoms with Crippen molar-refractivity contribution in [1.82, 2.24) is 4.90 Å². The summed E-state index contributed by atoms with van der Waals surface area (Å²) in [6.07, 6.45) is 0.860. The van der Waals surface area contributed by atoms with Gasteiger partial charge in [-0.25, -0.2) is 0 Å². The molecular weight excluding hydrogens is 428 g/mol. The highest BCUT2D eigenvalue weighted by molar-refractivity contribution is 5.95. The number of nitriles is 1. The fraction of sp³-hybridized carbons (Fsp3) is 0.222. The van der Waals surface area contributed by atoms with Crippen LogP contribution in [0.5, 0.6) is 5.75 Å². The van der Waals surface area contributed by atoms with Gasteiger partial charge in [0.2, 0.25) is 0 Å².